The molecule has 2 saturated heterocycles. The third-order valence-electron chi connectivity index (χ3n) is 5.89. The van der Waals surface area contributed by atoms with Gasteiger partial charge < -0.3 is 19.9 Å². The molecule has 150 valence electrons. The lowest BCUT2D eigenvalue weighted by atomic mass is 10.0. The van der Waals surface area contributed by atoms with Crippen molar-refractivity contribution in [3.8, 4) is 0 Å². The van der Waals surface area contributed by atoms with Gasteiger partial charge in [0.15, 0.2) is 0 Å². The molecule has 1 aromatic carbocycles. The van der Waals surface area contributed by atoms with Gasteiger partial charge in [0.2, 0.25) is 0 Å². The topological polar surface area (TPSA) is 48.1 Å². The average molecular weight is 375 g/mol. The van der Waals surface area contributed by atoms with Gasteiger partial charge in [-0.3, -0.25) is 4.90 Å². The summed E-state index contributed by atoms with van der Waals surface area (Å²) in [5, 5.41) is 3.28. The molecule has 1 N–H and O–H groups in total. The van der Waals surface area contributed by atoms with Crippen LogP contribution in [0.5, 0.6) is 0 Å². The van der Waals surface area contributed by atoms with Crippen molar-refractivity contribution in [1.82, 2.24) is 15.1 Å². The Morgan fingerprint density at radius 1 is 1.15 bits per heavy atom. The summed E-state index contributed by atoms with van der Waals surface area (Å²) in [6.07, 6.45) is 3.07. The molecule has 2 amide bonds. The highest BCUT2D eigenvalue weighted by Gasteiger charge is 2.29. The van der Waals surface area contributed by atoms with Crippen molar-refractivity contribution in [2.45, 2.75) is 38.3 Å². The summed E-state index contributed by atoms with van der Waals surface area (Å²) in [5.74, 6) is 0. The number of carbonyl (C=O) groups excluding carboxylic acids is 1. The number of nitrogens with zero attached hydrogens (tertiary/aromatic N) is 3. The number of urea groups is 1. The molecule has 27 heavy (non-hydrogen) atoms. The number of anilines is 1. The van der Waals surface area contributed by atoms with Gasteiger partial charge in [-0.1, -0.05) is 25.1 Å². The first-order valence-electron chi connectivity index (χ1n) is 10.3. The monoisotopic (exact) mass is 374 g/mol. The number of rotatable bonds is 6. The molecule has 3 rings (SSSR count). The van der Waals surface area contributed by atoms with E-state index in [-0.39, 0.29) is 12.1 Å². The second-order valence-electron chi connectivity index (χ2n) is 7.58. The van der Waals surface area contributed by atoms with Gasteiger partial charge in [0.25, 0.3) is 0 Å². The van der Waals surface area contributed by atoms with E-state index in [4.69, 9.17) is 4.74 Å². The number of nitrogens with one attached hydrogen (secondary N) is 1. The quantitative estimate of drug-likeness (QED) is 0.831. The number of amides is 2. The summed E-state index contributed by atoms with van der Waals surface area (Å²) in [7, 11) is 1.74. The second-order valence-corrected chi connectivity index (χ2v) is 7.58. The lowest BCUT2D eigenvalue weighted by Crippen LogP contribution is -2.58. The van der Waals surface area contributed by atoms with Crippen molar-refractivity contribution in [2.24, 2.45) is 0 Å². The third-order valence-corrected chi connectivity index (χ3v) is 5.89. The molecular weight excluding hydrogens is 340 g/mol. The molecule has 2 aliphatic rings. The molecule has 0 aliphatic carbocycles. The fourth-order valence-corrected chi connectivity index (χ4v) is 4.15. The van der Waals surface area contributed by atoms with Crippen LogP contribution in [0.2, 0.25) is 0 Å². The zero-order valence-corrected chi connectivity index (χ0v) is 16.8. The van der Waals surface area contributed by atoms with Crippen LogP contribution < -0.4 is 10.2 Å². The van der Waals surface area contributed by atoms with Gasteiger partial charge >= 0.3 is 6.03 Å². The highest BCUT2D eigenvalue weighted by atomic mass is 16.5. The van der Waals surface area contributed by atoms with Gasteiger partial charge in [0.05, 0.1) is 6.61 Å². The highest BCUT2D eigenvalue weighted by molar-refractivity contribution is 5.74. The molecule has 0 aromatic heterocycles. The van der Waals surface area contributed by atoms with Crippen LogP contribution in [-0.4, -0.2) is 80.9 Å². The molecule has 2 heterocycles. The van der Waals surface area contributed by atoms with Crippen LogP contribution in [0.1, 0.15) is 26.2 Å². The van der Waals surface area contributed by atoms with Crippen molar-refractivity contribution in [2.75, 3.05) is 57.9 Å². The van der Waals surface area contributed by atoms with E-state index >= 15 is 0 Å². The van der Waals surface area contributed by atoms with Gasteiger partial charge in [0, 0.05) is 64.1 Å². The molecule has 2 fully saturated rings. The zero-order chi connectivity index (χ0) is 19.1. The summed E-state index contributed by atoms with van der Waals surface area (Å²) >= 11 is 0. The first kappa shape index (κ1) is 20.0. The number of hydrogen-bond acceptors (Lipinski definition) is 4. The Bertz CT molecular complexity index is 575. The first-order valence-corrected chi connectivity index (χ1v) is 10.3. The summed E-state index contributed by atoms with van der Waals surface area (Å²) in [6, 6.07) is 11.4. The molecular formula is C21H34N4O2. The zero-order valence-electron chi connectivity index (χ0n) is 16.8. The van der Waals surface area contributed by atoms with Gasteiger partial charge in [-0.05, 0) is 31.4 Å². The standard InChI is InChI=1S/C21H34N4O2/c1-3-19-17-25(14-13-24(19)15-16-27-2)21(26)22-18-9-11-23(12-10-18)20-7-5-4-6-8-20/h4-8,18-19H,3,9-17H2,1-2H3,(H,22,26). The molecule has 1 atom stereocenters. The third kappa shape index (κ3) is 5.36. The number of piperazine rings is 1. The molecule has 0 spiro atoms. The fraction of sp³-hybridized carbons (Fsp3) is 0.667. The molecule has 0 bridgehead atoms. The maximum absolute atomic E-state index is 12.8. The van der Waals surface area contributed by atoms with Crippen LogP contribution in [0.4, 0.5) is 10.5 Å². The van der Waals surface area contributed by atoms with Crippen molar-refractivity contribution in [3.63, 3.8) is 0 Å². The molecule has 6 nitrogen and oxygen atoms in total. The Hall–Kier alpha value is -1.79. The molecule has 2 aliphatic heterocycles. The Balaban J connectivity index is 1.44. The van der Waals surface area contributed by atoms with Crippen LogP contribution in [-0.2, 0) is 4.74 Å². The van der Waals surface area contributed by atoms with E-state index in [1.54, 1.807) is 7.11 Å². The summed E-state index contributed by atoms with van der Waals surface area (Å²) in [4.78, 5) is 19.6. The van der Waals surface area contributed by atoms with Crippen LogP contribution >= 0.6 is 0 Å². The largest absolute Gasteiger partial charge is 0.383 e. The minimum Gasteiger partial charge on any atom is -0.383 e. The minimum absolute atomic E-state index is 0.109. The SMILES string of the molecule is CCC1CN(C(=O)NC2CCN(c3ccccc3)CC2)CCN1CCOC. The Morgan fingerprint density at radius 2 is 1.89 bits per heavy atom. The van der Waals surface area contributed by atoms with Crippen LogP contribution in [0.25, 0.3) is 0 Å². The number of methoxy groups -OCH3 is 1. The van der Waals surface area contributed by atoms with E-state index in [2.05, 4.69) is 52.4 Å². The van der Waals surface area contributed by atoms with E-state index in [1.807, 2.05) is 4.90 Å². The fourth-order valence-electron chi connectivity index (χ4n) is 4.15. The van der Waals surface area contributed by atoms with E-state index < -0.39 is 0 Å². The van der Waals surface area contributed by atoms with E-state index in [0.717, 1.165) is 65.1 Å². The number of ether oxygens (including phenoxy) is 1. The van der Waals surface area contributed by atoms with Gasteiger partial charge in [-0.25, -0.2) is 4.79 Å². The maximum Gasteiger partial charge on any atom is 0.317 e. The van der Waals surface area contributed by atoms with Gasteiger partial charge in [-0.2, -0.15) is 0 Å². The second kappa shape index (κ2) is 9.95. The first-order chi connectivity index (χ1) is 13.2. The minimum atomic E-state index is 0.109. The Kier molecular flexibility index (Phi) is 7.35. The Morgan fingerprint density at radius 3 is 2.56 bits per heavy atom. The molecule has 1 aromatic rings. The van der Waals surface area contributed by atoms with E-state index in [9.17, 15) is 4.79 Å². The summed E-state index contributed by atoms with van der Waals surface area (Å²) < 4.78 is 5.21. The summed E-state index contributed by atoms with van der Waals surface area (Å²) in [6.45, 7) is 8.44. The van der Waals surface area contributed by atoms with Crippen molar-refractivity contribution < 1.29 is 9.53 Å². The van der Waals surface area contributed by atoms with E-state index in [0.29, 0.717) is 6.04 Å². The number of carbonyl (C=O) groups is 1. The van der Waals surface area contributed by atoms with Crippen LogP contribution in [0, 0.1) is 0 Å². The number of para-hydroxylation sites is 1. The van der Waals surface area contributed by atoms with Crippen LogP contribution in [0.3, 0.4) is 0 Å². The van der Waals surface area contributed by atoms with E-state index in [1.165, 1.54) is 5.69 Å². The lowest BCUT2D eigenvalue weighted by molar-refractivity contribution is 0.0616. The molecule has 6 heteroatoms. The molecule has 0 saturated carbocycles. The lowest BCUT2D eigenvalue weighted by Gasteiger charge is -2.42. The van der Waals surface area contributed by atoms with Gasteiger partial charge in [-0.15, -0.1) is 0 Å². The number of piperidine rings is 1. The highest BCUT2D eigenvalue weighted by Crippen LogP contribution is 2.20. The van der Waals surface area contributed by atoms with Crippen LogP contribution in [0.15, 0.2) is 30.3 Å². The smallest absolute Gasteiger partial charge is 0.317 e. The number of hydrogen-bond donors (Lipinski definition) is 1. The number of benzene rings is 1. The molecule has 1 unspecified atom stereocenters. The average Bonchev–Trinajstić information content (AvgIpc) is 2.73. The predicted molar refractivity (Wildman–Crippen MR) is 109 cm³/mol. The van der Waals surface area contributed by atoms with Crippen molar-refractivity contribution in [1.29, 1.82) is 0 Å². The normalized spacial score (nSPS) is 22.1. The predicted octanol–water partition coefficient (Wildman–Crippen LogP) is 2.41. The maximum atomic E-state index is 12.8. The van der Waals surface area contributed by atoms with Crippen molar-refractivity contribution in [3.05, 3.63) is 30.3 Å². The van der Waals surface area contributed by atoms with Crippen molar-refractivity contribution >= 4 is 11.7 Å². The summed E-state index contributed by atoms with van der Waals surface area (Å²) in [5.41, 5.74) is 1.28. The Labute approximate surface area is 163 Å². The molecule has 0 radical (unpaired) electrons. The van der Waals surface area contributed by atoms with Gasteiger partial charge in [0.1, 0.15) is 0 Å².